The zero-order chi connectivity index (χ0) is 17.2. The van der Waals surface area contributed by atoms with Crippen LogP contribution in [0.15, 0.2) is 60.8 Å². The van der Waals surface area contributed by atoms with Crippen LogP contribution in [0.1, 0.15) is 11.3 Å². The van der Waals surface area contributed by atoms with Crippen LogP contribution in [0.3, 0.4) is 0 Å². The van der Waals surface area contributed by atoms with Gasteiger partial charge in [-0.3, -0.25) is 9.97 Å². The van der Waals surface area contributed by atoms with E-state index in [0.29, 0.717) is 6.61 Å². The molecule has 0 bridgehead atoms. The molecule has 0 aliphatic carbocycles. The first-order chi connectivity index (χ1) is 12.2. The Bertz CT molecular complexity index is 1050. The molecule has 4 rings (SSSR count). The molecule has 0 radical (unpaired) electrons. The second-order valence-corrected chi connectivity index (χ2v) is 5.93. The summed E-state index contributed by atoms with van der Waals surface area (Å²) in [5.41, 5.74) is 3.84. The highest BCUT2D eigenvalue weighted by Gasteiger charge is 2.09. The van der Waals surface area contributed by atoms with Gasteiger partial charge in [-0.1, -0.05) is 24.3 Å². The number of hydrogen-bond acceptors (Lipinski definition) is 4. The van der Waals surface area contributed by atoms with Gasteiger partial charge in [0.15, 0.2) is 0 Å². The lowest BCUT2D eigenvalue weighted by Crippen LogP contribution is -1.99. The van der Waals surface area contributed by atoms with Crippen LogP contribution in [0.4, 0.5) is 0 Å². The molecule has 0 fully saturated rings. The minimum Gasteiger partial charge on any atom is -0.497 e. The molecule has 0 amide bonds. The van der Waals surface area contributed by atoms with Crippen LogP contribution in [0, 0.1) is 6.92 Å². The third-order valence-electron chi connectivity index (χ3n) is 4.21. The van der Waals surface area contributed by atoms with Crippen molar-refractivity contribution >= 4 is 21.8 Å². The summed E-state index contributed by atoms with van der Waals surface area (Å²) >= 11 is 0. The van der Waals surface area contributed by atoms with E-state index >= 15 is 0 Å². The maximum Gasteiger partial charge on any atom is 0.131 e. The molecule has 0 N–H and O–H groups in total. The Balaban J connectivity index is 1.72. The van der Waals surface area contributed by atoms with E-state index in [0.717, 1.165) is 44.6 Å². The zero-order valence-electron chi connectivity index (χ0n) is 14.2. The Morgan fingerprint density at radius 2 is 1.88 bits per heavy atom. The second-order valence-electron chi connectivity index (χ2n) is 5.93. The number of nitrogens with zero attached hydrogens (tertiary/aromatic N) is 2. The van der Waals surface area contributed by atoms with Gasteiger partial charge in [0.2, 0.25) is 0 Å². The van der Waals surface area contributed by atoms with Crippen LogP contribution in [0.25, 0.3) is 21.8 Å². The average Bonchev–Trinajstić information content (AvgIpc) is 2.65. The van der Waals surface area contributed by atoms with Gasteiger partial charge in [-0.2, -0.15) is 0 Å². The van der Waals surface area contributed by atoms with Crippen LogP contribution in [-0.4, -0.2) is 17.1 Å². The van der Waals surface area contributed by atoms with Gasteiger partial charge in [0.05, 0.1) is 18.1 Å². The fraction of sp³-hybridized carbons (Fsp3) is 0.143. The van der Waals surface area contributed by atoms with Gasteiger partial charge in [0, 0.05) is 34.3 Å². The zero-order valence-corrected chi connectivity index (χ0v) is 14.2. The number of para-hydroxylation sites is 1. The van der Waals surface area contributed by atoms with Crippen LogP contribution in [-0.2, 0) is 6.61 Å². The molecule has 4 nitrogen and oxygen atoms in total. The first-order valence-electron chi connectivity index (χ1n) is 8.15. The number of ether oxygens (including phenoxy) is 2. The maximum absolute atomic E-state index is 6.16. The van der Waals surface area contributed by atoms with Crippen LogP contribution >= 0.6 is 0 Å². The minimum atomic E-state index is 0.449. The number of benzene rings is 2. The highest BCUT2D eigenvalue weighted by atomic mass is 16.5. The molecule has 0 spiro atoms. The molecule has 0 atom stereocenters. The molecule has 0 aliphatic rings. The lowest BCUT2D eigenvalue weighted by Gasteiger charge is -2.12. The molecular weight excluding hydrogens is 312 g/mol. The standard InChI is InChI=1S/C21H18N2O2/c1-14-11-20(18-12-17(24-2)8-9-19(18)23-14)25-13-16-6-3-5-15-7-4-10-22-21(15)16/h3-12H,13H2,1-2H3. The van der Waals surface area contributed by atoms with E-state index in [1.807, 2.05) is 55.6 Å². The third kappa shape index (κ3) is 2.98. The SMILES string of the molecule is COc1ccc2nc(C)cc(OCc3cccc4cccnc34)c2c1. The summed E-state index contributed by atoms with van der Waals surface area (Å²) < 4.78 is 11.5. The van der Waals surface area contributed by atoms with Crippen LogP contribution < -0.4 is 9.47 Å². The molecule has 0 unspecified atom stereocenters. The minimum absolute atomic E-state index is 0.449. The summed E-state index contributed by atoms with van der Waals surface area (Å²) in [6.45, 7) is 2.42. The van der Waals surface area contributed by atoms with Crippen molar-refractivity contribution in [2.75, 3.05) is 7.11 Å². The van der Waals surface area contributed by atoms with Crippen molar-refractivity contribution in [2.24, 2.45) is 0 Å². The average molecular weight is 330 g/mol. The van der Waals surface area contributed by atoms with Crippen molar-refractivity contribution in [3.63, 3.8) is 0 Å². The molecule has 124 valence electrons. The normalized spacial score (nSPS) is 11.0. The Hall–Kier alpha value is -3.14. The number of fused-ring (bicyclic) bond motifs is 2. The molecule has 2 heterocycles. The van der Waals surface area contributed by atoms with Crippen molar-refractivity contribution in [2.45, 2.75) is 13.5 Å². The van der Waals surface area contributed by atoms with Gasteiger partial charge in [-0.05, 0) is 31.2 Å². The molecule has 2 aromatic carbocycles. The lowest BCUT2D eigenvalue weighted by molar-refractivity contribution is 0.310. The van der Waals surface area contributed by atoms with E-state index in [4.69, 9.17) is 9.47 Å². The van der Waals surface area contributed by atoms with E-state index in [-0.39, 0.29) is 0 Å². The number of hydrogen-bond donors (Lipinski definition) is 0. The van der Waals surface area contributed by atoms with Crippen molar-refractivity contribution in [1.29, 1.82) is 0 Å². The second kappa shape index (κ2) is 6.40. The molecule has 2 aromatic heterocycles. The summed E-state index contributed by atoms with van der Waals surface area (Å²) in [5.74, 6) is 1.59. The number of aryl methyl sites for hydroxylation is 1. The fourth-order valence-electron chi connectivity index (χ4n) is 2.99. The Morgan fingerprint density at radius 1 is 1.00 bits per heavy atom. The van der Waals surface area contributed by atoms with Crippen molar-refractivity contribution < 1.29 is 9.47 Å². The topological polar surface area (TPSA) is 44.2 Å². The third-order valence-corrected chi connectivity index (χ3v) is 4.21. The molecular formula is C21H18N2O2. The Labute approximate surface area is 146 Å². The van der Waals surface area contributed by atoms with Crippen molar-refractivity contribution in [3.05, 3.63) is 72.1 Å². The van der Waals surface area contributed by atoms with Gasteiger partial charge < -0.3 is 9.47 Å². The van der Waals surface area contributed by atoms with Crippen molar-refractivity contribution in [1.82, 2.24) is 9.97 Å². The van der Waals surface area contributed by atoms with E-state index < -0.39 is 0 Å². The fourth-order valence-corrected chi connectivity index (χ4v) is 2.99. The van der Waals surface area contributed by atoms with Gasteiger partial charge in [0.1, 0.15) is 18.1 Å². The van der Waals surface area contributed by atoms with E-state index in [2.05, 4.69) is 22.1 Å². The van der Waals surface area contributed by atoms with Crippen LogP contribution in [0.5, 0.6) is 11.5 Å². The highest BCUT2D eigenvalue weighted by Crippen LogP contribution is 2.30. The number of aromatic nitrogens is 2. The van der Waals surface area contributed by atoms with E-state index in [9.17, 15) is 0 Å². The van der Waals surface area contributed by atoms with Gasteiger partial charge >= 0.3 is 0 Å². The first kappa shape index (κ1) is 15.4. The van der Waals surface area contributed by atoms with E-state index in [1.54, 1.807) is 7.11 Å². The molecule has 4 aromatic rings. The highest BCUT2D eigenvalue weighted by molar-refractivity contribution is 5.87. The summed E-state index contributed by atoms with van der Waals surface area (Å²) in [7, 11) is 1.66. The largest absolute Gasteiger partial charge is 0.497 e. The quantitative estimate of drug-likeness (QED) is 0.545. The smallest absolute Gasteiger partial charge is 0.131 e. The van der Waals surface area contributed by atoms with Gasteiger partial charge in [-0.25, -0.2) is 0 Å². The molecule has 0 aliphatic heterocycles. The Kier molecular flexibility index (Phi) is 3.94. The monoisotopic (exact) mass is 330 g/mol. The molecule has 0 saturated heterocycles. The van der Waals surface area contributed by atoms with Crippen LogP contribution in [0.2, 0.25) is 0 Å². The summed E-state index contributed by atoms with van der Waals surface area (Å²) in [4.78, 5) is 9.06. The summed E-state index contributed by atoms with van der Waals surface area (Å²) in [5, 5.41) is 2.05. The van der Waals surface area contributed by atoms with E-state index in [1.165, 1.54) is 0 Å². The summed E-state index contributed by atoms with van der Waals surface area (Å²) in [6.07, 6.45) is 1.81. The first-order valence-corrected chi connectivity index (χ1v) is 8.15. The molecule has 25 heavy (non-hydrogen) atoms. The maximum atomic E-state index is 6.16. The lowest BCUT2D eigenvalue weighted by atomic mass is 10.1. The Morgan fingerprint density at radius 3 is 2.76 bits per heavy atom. The summed E-state index contributed by atoms with van der Waals surface area (Å²) in [6, 6.07) is 17.9. The molecule has 4 heteroatoms. The number of methoxy groups -OCH3 is 1. The predicted octanol–water partition coefficient (Wildman–Crippen LogP) is 4.68. The number of rotatable bonds is 4. The van der Waals surface area contributed by atoms with Gasteiger partial charge in [0.25, 0.3) is 0 Å². The van der Waals surface area contributed by atoms with Gasteiger partial charge in [-0.15, -0.1) is 0 Å². The van der Waals surface area contributed by atoms with Crippen molar-refractivity contribution in [3.8, 4) is 11.5 Å². The molecule has 0 saturated carbocycles. The predicted molar refractivity (Wildman–Crippen MR) is 99.1 cm³/mol. The number of pyridine rings is 2.